The zero-order valence-electron chi connectivity index (χ0n) is 9.62. The van der Waals surface area contributed by atoms with E-state index < -0.39 is 12.0 Å². The fraction of sp³-hybridized carbons (Fsp3) is 0.800. The van der Waals surface area contributed by atoms with E-state index in [9.17, 15) is 9.59 Å². The molecule has 1 saturated heterocycles. The molecule has 2 atom stereocenters. The molecule has 0 bridgehead atoms. The average molecular weight is 251 g/mol. The highest BCUT2D eigenvalue weighted by molar-refractivity contribution is 5.85. The van der Waals surface area contributed by atoms with Crippen molar-refractivity contribution in [2.45, 2.75) is 25.8 Å². The van der Waals surface area contributed by atoms with Crippen LogP contribution in [0.2, 0.25) is 0 Å². The third-order valence-corrected chi connectivity index (χ3v) is 2.57. The van der Waals surface area contributed by atoms with Gasteiger partial charge in [-0.15, -0.1) is 12.4 Å². The number of hydrogen-bond acceptors (Lipinski definition) is 4. The van der Waals surface area contributed by atoms with Gasteiger partial charge in [0.05, 0.1) is 7.11 Å². The molecular weight excluding hydrogens is 232 g/mol. The molecule has 0 aromatic carbocycles. The normalized spacial score (nSPS) is 20.8. The third-order valence-electron chi connectivity index (χ3n) is 2.57. The summed E-state index contributed by atoms with van der Waals surface area (Å²) < 4.78 is 4.52. The van der Waals surface area contributed by atoms with Crippen molar-refractivity contribution in [1.82, 2.24) is 10.6 Å². The van der Waals surface area contributed by atoms with Gasteiger partial charge in [0.1, 0.15) is 6.04 Å². The van der Waals surface area contributed by atoms with Crippen LogP contribution in [0.4, 0.5) is 0 Å². The number of methoxy groups -OCH3 is 1. The molecule has 0 aromatic heterocycles. The number of ether oxygens (including phenoxy) is 1. The Bertz CT molecular complexity index is 242. The van der Waals surface area contributed by atoms with Gasteiger partial charge in [-0.1, -0.05) is 0 Å². The zero-order chi connectivity index (χ0) is 11.3. The molecule has 1 heterocycles. The first-order valence-electron chi connectivity index (χ1n) is 5.21. The fourth-order valence-electron chi connectivity index (χ4n) is 1.69. The van der Waals surface area contributed by atoms with E-state index in [1.807, 2.05) is 0 Å². The fourth-order valence-corrected chi connectivity index (χ4v) is 1.69. The van der Waals surface area contributed by atoms with Gasteiger partial charge < -0.3 is 15.4 Å². The van der Waals surface area contributed by atoms with Crippen LogP contribution >= 0.6 is 12.4 Å². The molecule has 1 aliphatic heterocycles. The maximum absolute atomic E-state index is 11.5. The summed E-state index contributed by atoms with van der Waals surface area (Å²) in [6.07, 6.45) is 1.51. The molecule has 0 saturated carbocycles. The van der Waals surface area contributed by atoms with Crippen LogP contribution in [0, 0.1) is 5.92 Å². The molecule has 0 aliphatic carbocycles. The molecule has 1 rings (SSSR count). The summed E-state index contributed by atoms with van der Waals surface area (Å²) in [6.45, 7) is 3.49. The summed E-state index contributed by atoms with van der Waals surface area (Å²) in [5.74, 6) is -0.0932. The first-order valence-corrected chi connectivity index (χ1v) is 5.21. The van der Waals surface area contributed by atoms with Crippen molar-refractivity contribution in [1.29, 1.82) is 0 Å². The van der Waals surface area contributed by atoms with Crippen molar-refractivity contribution in [2.75, 3.05) is 20.2 Å². The lowest BCUT2D eigenvalue weighted by Crippen LogP contribution is -2.39. The molecule has 0 aromatic rings. The van der Waals surface area contributed by atoms with Crippen LogP contribution in [-0.4, -0.2) is 38.1 Å². The number of nitrogens with one attached hydrogen (secondary N) is 2. The number of hydrogen-bond donors (Lipinski definition) is 2. The Morgan fingerprint density at radius 3 is 2.75 bits per heavy atom. The van der Waals surface area contributed by atoms with E-state index in [0.29, 0.717) is 12.3 Å². The second-order valence-electron chi connectivity index (χ2n) is 3.88. The van der Waals surface area contributed by atoms with E-state index in [1.54, 1.807) is 6.92 Å². The number of amides is 1. The minimum absolute atomic E-state index is 0. The predicted octanol–water partition coefficient (Wildman–Crippen LogP) is 0.0855. The molecule has 6 heteroatoms. The minimum atomic E-state index is -0.558. The highest BCUT2D eigenvalue weighted by atomic mass is 35.5. The second-order valence-corrected chi connectivity index (χ2v) is 3.88. The van der Waals surface area contributed by atoms with Crippen LogP contribution in [0.5, 0.6) is 0 Å². The van der Waals surface area contributed by atoms with Gasteiger partial charge in [-0.3, -0.25) is 4.79 Å². The molecule has 1 fully saturated rings. The van der Waals surface area contributed by atoms with Gasteiger partial charge in [-0.25, -0.2) is 4.79 Å². The molecule has 0 radical (unpaired) electrons. The Kier molecular flexibility index (Phi) is 7.08. The Labute approximate surface area is 102 Å². The largest absolute Gasteiger partial charge is 0.467 e. The third kappa shape index (κ3) is 4.81. The van der Waals surface area contributed by atoms with Crippen molar-refractivity contribution < 1.29 is 14.3 Å². The molecular formula is C10H19ClN2O3. The Morgan fingerprint density at radius 2 is 2.25 bits per heavy atom. The SMILES string of the molecule is COC(=O)[C@@H](C)NC(=O)CC1CCNC1.Cl. The van der Waals surface area contributed by atoms with E-state index in [4.69, 9.17) is 0 Å². The molecule has 1 amide bonds. The summed E-state index contributed by atoms with van der Waals surface area (Å²) in [5.41, 5.74) is 0. The van der Waals surface area contributed by atoms with Crippen molar-refractivity contribution in [2.24, 2.45) is 5.92 Å². The van der Waals surface area contributed by atoms with Crippen LogP contribution < -0.4 is 10.6 Å². The smallest absolute Gasteiger partial charge is 0.328 e. The Morgan fingerprint density at radius 1 is 1.56 bits per heavy atom. The first kappa shape index (κ1) is 15.2. The molecule has 0 spiro atoms. The van der Waals surface area contributed by atoms with Gasteiger partial charge in [0, 0.05) is 6.42 Å². The lowest BCUT2D eigenvalue weighted by molar-refractivity contribution is -0.144. The second kappa shape index (κ2) is 7.46. The number of carbonyl (C=O) groups excluding carboxylic acids is 2. The molecule has 16 heavy (non-hydrogen) atoms. The van der Waals surface area contributed by atoms with Gasteiger partial charge in [0.2, 0.25) is 5.91 Å². The molecule has 1 unspecified atom stereocenters. The quantitative estimate of drug-likeness (QED) is 0.694. The predicted molar refractivity (Wildman–Crippen MR) is 62.5 cm³/mol. The monoisotopic (exact) mass is 250 g/mol. The summed E-state index contributed by atoms with van der Waals surface area (Å²) in [7, 11) is 1.31. The number of esters is 1. The van der Waals surface area contributed by atoms with Gasteiger partial charge in [0.25, 0.3) is 0 Å². The summed E-state index contributed by atoms with van der Waals surface area (Å²) in [6, 6.07) is -0.558. The van der Waals surface area contributed by atoms with E-state index >= 15 is 0 Å². The number of halogens is 1. The van der Waals surface area contributed by atoms with Gasteiger partial charge in [0.15, 0.2) is 0 Å². The van der Waals surface area contributed by atoms with Crippen LogP contribution in [-0.2, 0) is 14.3 Å². The number of rotatable bonds is 4. The van der Waals surface area contributed by atoms with E-state index in [-0.39, 0.29) is 18.3 Å². The summed E-state index contributed by atoms with van der Waals surface area (Å²) >= 11 is 0. The summed E-state index contributed by atoms with van der Waals surface area (Å²) in [4.78, 5) is 22.5. The maximum Gasteiger partial charge on any atom is 0.328 e. The van der Waals surface area contributed by atoms with Gasteiger partial charge in [-0.05, 0) is 32.4 Å². The van der Waals surface area contributed by atoms with E-state index in [0.717, 1.165) is 19.5 Å². The minimum Gasteiger partial charge on any atom is -0.467 e. The lowest BCUT2D eigenvalue weighted by Gasteiger charge is -2.13. The highest BCUT2D eigenvalue weighted by Gasteiger charge is 2.21. The maximum atomic E-state index is 11.5. The van der Waals surface area contributed by atoms with Crippen LogP contribution in [0.3, 0.4) is 0 Å². The highest BCUT2D eigenvalue weighted by Crippen LogP contribution is 2.11. The Hall–Kier alpha value is -0.810. The molecule has 2 N–H and O–H groups in total. The van der Waals surface area contributed by atoms with E-state index in [1.165, 1.54) is 7.11 Å². The Balaban J connectivity index is 0.00000225. The van der Waals surface area contributed by atoms with Crippen molar-refractivity contribution >= 4 is 24.3 Å². The van der Waals surface area contributed by atoms with Crippen LogP contribution in [0.25, 0.3) is 0 Å². The summed E-state index contributed by atoms with van der Waals surface area (Å²) in [5, 5.41) is 5.81. The molecule has 5 nitrogen and oxygen atoms in total. The van der Waals surface area contributed by atoms with E-state index in [2.05, 4.69) is 15.4 Å². The van der Waals surface area contributed by atoms with Crippen molar-refractivity contribution in [3.05, 3.63) is 0 Å². The van der Waals surface area contributed by atoms with Crippen molar-refractivity contribution in [3.63, 3.8) is 0 Å². The number of carbonyl (C=O) groups is 2. The van der Waals surface area contributed by atoms with Gasteiger partial charge >= 0.3 is 5.97 Å². The average Bonchev–Trinajstić information content (AvgIpc) is 2.68. The standard InChI is InChI=1S/C10H18N2O3.ClH/c1-7(10(14)15-2)12-9(13)5-8-3-4-11-6-8;/h7-8,11H,3-6H2,1-2H3,(H,12,13);1H/t7-,8?;/m1./s1. The first-order chi connectivity index (χ1) is 7.13. The van der Waals surface area contributed by atoms with Crippen LogP contribution in [0.1, 0.15) is 19.8 Å². The zero-order valence-corrected chi connectivity index (χ0v) is 10.4. The molecule has 1 aliphatic rings. The van der Waals surface area contributed by atoms with Crippen LogP contribution in [0.15, 0.2) is 0 Å². The lowest BCUT2D eigenvalue weighted by atomic mass is 10.0. The topological polar surface area (TPSA) is 67.4 Å². The van der Waals surface area contributed by atoms with Crippen molar-refractivity contribution in [3.8, 4) is 0 Å². The van der Waals surface area contributed by atoms with Gasteiger partial charge in [-0.2, -0.15) is 0 Å². The molecule has 94 valence electrons.